The normalized spacial score (nSPS) is 18.6. The molecule has 0 fully saturated rings. The van der Waals surface area contributed by atoms with Gasteiger partial charge in [-0.15, -0.1) is 11.6 Å². The minimum absolute atomic E-state index is 0.215. The van der Waals surface area contributed by atoms with Crippen molar-refractivity contribution in [3.8, 4) is 0 Å². The summed E-state index contributed by atoms with van der Waals surface area (Å²) in [5, 5.41) is 2.87. The highest BCUT2D eigenvalue weighted by Crippen LogP contribution is 2.35. The highest BCUT2D eigenvalue weighted by molar-refractivity contribution is 6.22. The summed E-state index contributed by atoms with van der Waals surface area (Å²) in [4.78, 5) is 15.3. The van der Waals surface area contributed by atoms with Gasteiger partial charge in [-0.2, -0.15) is 0 Å². The van der Waals surface area contributed by atoms with E-state index in [1.165, 1.54) is 7.11 Å². The molecular formula is C9H9ClN2O2. The lowest BCUT2D eigenvalue weighted by Crippen LogP contribution is -2.08. The van der Waals surface area contributed by atoms with Crippen LogP contribution in [-0.2, 0) is 4.74 Å². The number of methoxy groups -OCH3 is 1. The van der Waals surface area contributed by atoms with E-state index in [1.54, 1.807) is 12.3 Å². The molecule has 0 aliphatic carbocycles. The van der Waals surface area contributed by atoms with Crippen LogP contribution in [0.2, 0.25) is 0 Å². The zero-order chi connectivity index (χ0) is 10.1. The zero-order valence-electron chi connectivity index (χ0n) is 7.58. The number of hydrogen-bond acceptors (Lipinski definition) is 4. The number of pyridine rings is 1. The highest BCUT2D eigenvalue weighted by Gasteiger charge is 2.27. The zero-order valence-corrected chi connectivity index (χ0v) is 8.34. The van der Waals surface area contributed by atoms with Gasteiger partial charge in [0.15, 0.2) is 5.69 Å². The van der Waals surface area contributed by atoms with Crippen molar-refractivity contribution in [2.24, 2.45) is 0 Å². The molecule has 5 heteroatoms. The highest BCUT2D eigenvalue weighted by atomic mass is 35.5. The Morgan fingerprint density at radius 3 is 3.29 bits per heavy atom. The van der Waals surface area contributed by atoms with Crippen LogP contribution in [0.1, 0.15) is 21.4 Å². The number of nitrogens with one attached hydrogen (secondary N) is 1. The minimum Gasteiger partial charge on any atom is -0.464 e. The molecule has 4 nitrogen and oxygen atoms in total. The number of alkyl halides is 1. The average Bonchev–Trinajstić information content (AvgIpc) is 2.59. The number of esters is 1. The standard InChI is InChI=1S/C9H9ClN2O2/c1-14-9(13)8-7-5(10)4-12-6(7)2-3-11-8/h2-3,5,12H,4H2,1H3. The SMILES string of the molecule is COC(=O)c1nccc2c1C(Cl)CN2. The lowest BCUT2D eigenvalue weighted by atomic mass is 10.1. The van der Waals surface area contributed by atoms with Gasteiger partial charge < -0.3 is 10.1 Å². The molecule has 0 saturated carbocycles. The van der Waals surface area contributed by atoms with Crippen molar-refractivity contribution < 1.29 is 9.53 Å². The van der Waals surface area contributed by atoms with E-state index >= 15 is 0 Å². The van der Waals surface area contributed by atoms with Crippen molar-refractivity contribution in [2.45, 2.75) is 5.38 Å². The second-order valence-electron chi connectivity index (χ2n) is 2.96. The summed E-state index contributed by atoms with van der Waals surface area (Å²) in [5.74, 6) is -0.448. The molecule has 1 aliphatic heterocycles. The smallest absolute Gasteiger partial charge is 0.357 e. The third-order valence-corrected chi connectivity index (χ3v) is 2.53. The summed E-state index contributed by atoms with van der Waals surface area (Å²) >= 11 is 6.04. The van der Waals surface area contributed by atoms with Crippen molar-refractivity contribution in [2.75, 3.05) is 19.0 Å². The van der Waals surface area contributed by atoms with Crippen LogP contribution in [-0.4, -0.2) is 24.6 Å². The molecule has 14 heavy (non-hydrogen) atoms. The maximum absolute atomic E-state index is 11.3. The second kappa shape index (κ2) is 3.46. The van der Waals surface area contributed by atoms with Gasteiger partial charge in [-0.25, -0.2) is 9.78 Å². The summed E-state index contributed by atoms with van der Waals surface area (Å²) in [5.41, 5.74) is 1.90. The Morgan fingerprint density at radius 1 is 1.79 bits per heavy atom. The molecule has 0 amide bonds. The van der Waals surface area contributed by atoms with Gasteiger partial charge in [0.2, 0.25) is 0 Å². The third kappa shape index (κ3) is 1.32. The maximum Gasteiger partial charge on any atom is 0.357 e. The fourth-order valence-electron chi connectivity index (χ4n) is 1.51. The van der Waals surface area contributed by atoms with Gasteiger partial charge in [-0.3, -0.25) is 0 Å². The first-order valence-electron chi connectivity index (χ1n) is 4.19. The monoisotopic (exact) mass is 212 g/mol. The number of hydrogen-bond donors (Lipinski definition) is 1. The summed E-state index contributed by atoms with van der Waals surface area (Å²) in [6, 6.07) is 1.80. The molecule has 0 saturated heterocycles. The number of aromatic nitrogens is 1. The van der Waals surface area contributed by atoms with Crippen LogP contribution in [0.5, 0.6) is 0 Å². The van der Waals surface area contributed by atoms with Crippen LogP contribution in [0, 0.1) is 0 Å². The molecule has 0 spiro atoms. The second-order valence-corrected chi connectivity index (χ2v) is 3.49. The van der Waals surface area contributed by atoms with Crippen LogP contribution >= 0.6 is 11.6 Å². The van der Waals surface area contributed by atoms with Crippen LogP contribution in [0.4, 0.5) is 5.69 Å². The fraction of sp³-hybridized carbons (Fsp3) is 0.333. The van der Waals surface area contributed by atoms with Crippen molar-refractivity contribution in [3.05, 3.63) is 23.5 Å². The van der Waals surface area contributed by atoms with E-state index in [-0.39, 0.29) is 5.38 Å². The van der Waals surface area contributed by atoms with Crippen LogP contribution in [0.15, 0.2) is 12.3 Å². The number of carbonyl (C=O) groups excluding carboxylic acids is 1. The average molecular weight is 213 g/mol. The van der Waals surface area contributed by atoms with Crippen LogP contribution in [0.3, 0.4) is 0 Å². The molecule has 1 N–H and O–H groups in total. The van der Waals surface area contributed by atoms with E-state index in [1.807, 2.05) is 0 Å². The first-order valence-corrected chi connectivity index (χ1v) is 4.63. The van der Waals surface area contributed by atoms with E-state index < -0.39 is 5.97 Å². The van der Waals surface area contributed by atoms with Gasteiger partial charge in [-0.1, -0.05) is 0 Å². The fourth-order valence-corrected chi connectivity index (χ4v) is 1.80. The quantitative estimate of drug-likeness (QED) is 0.567. The molecule has 1 aromatic rings. The molecular weight excluding hydrogens is 204 g/mol. The van der Waals surface area contributed by atoms with E-state index in [2.05, 4.69) is 15.0 Å². The van der Waals surface area contributed by atoms with Gasteiger partial charge in [0, 0.05) is 24.0 Å². The largest absolute Gasteiger partial charge is 0.464 e. The summed E-state index contributed by atoms with van der Waals surface area (Å²) in [6.45, 7) is 0.618. The predicted octanol–water partition coefficient (Wildman–Crippen LogP) is 1.57. The molecule has 1 unspecified atom stereocenters. The van der Waals surface area contributed by atoms with Crippen molar-refractivity contribution >= 4 is 23.3 Å². The number of ether oxygens (including phenoxy) is 1. The van der Waals surface area contributed by atoms with Crippen molar-refractivity contribution in [3.63, 3.8) is 0 Å². The van der Waals surface area contributed by atoms with Crippen molar-refractivity contribution in [1.82, 2.24) is 4.98 Å². The minimum atomic E-state index is -0.448. The first-order chi connectivity index (χ1) is 6.74. The van der Waals surface area contributed by atoms with E-state index in [0.717, 1.165) is 11.3 Å². The van der Waals surface area contributed by atoms with Gasteiger partial charge in [0.25, 0.3) is 0 Å². The molecule has 2 heterocycles. The molecule has 74 valence electrons. The first kappa shape index (κ1) is 9.27. The van der Waals surface area contributed by atoms with E-state index in [0.29, 0.717) is 12.2 Å². The Hall–Kier alpha value is -1.29. The number of anilines is 1. The Balaban J connectivity index is 2.52. The van der Waals surface area contributed by atoms with Crippen LogP contribution in [0.25, 0.3) is 0 Å². The predicted molar refractivity (Wildman–Crippen MR) is 52.7 cm³/mol. The molecule has 1 atom stereocenters. The lowest BCUT2D eigenvalue weighted by Gasteiger charge is -2.05. The topological polar surface area (TPSA) is 51.2 Å². The van der Waals surface area contributed by atoms with Crippen LogP contribution < -0.4 is 5.32 Å². The molecule has 1 aliphatic rings. The Kier molecular flexibility index (Phi) is 2.29. The summed E-state index contributed by atoms with van der Waals surface area (Å²) in [7, 11) is 1.33. The maximum atomic E-state index is 11.3. The van der Waals surface area contributed by atoms with E-state index in [9.17, 15) is 4.79 Å². The molecule has 1 aromatic heterocycles. The molecule has 0 aromatic carbocycles. The number of carbonyl (C=O) groups is 1. The third-order valence-electron chi connectivity index (χ3n) is 2.15. The number of nitrogens with zero attached hydrogens (tertiary/aromatic N) is 1. The Labute approximate surface area is 86.2 Å². The molecule has 0 radical (unpaired) electrons. The molecule has 0 bridgehead atoms. The lowest BCUT2D eigenvalue weighted by molar-refractivity contribution is 0.0593. The van der Waals surface area contributed by atoms with E-state index in [4.69, 9.17) is 11.6 Å². The van der Waals surface area contributed by atoms with Gasteiger partial charge in [0.1, 0.15) is 0 Å². The van der Waals surface area contributed by atoms with Gasteiger partial charge in [-0.05, 0) is 6.07 Å². The number of rotatable bonds is 1. The van der Waals surface area contributed by atoms with Crippen molar-refractivity contribution in [1.29, 1.82) is 0 Å². The number of halogens is 1. The molecule has 2 rings (SSSR count). The van der Waals surface area contributed by atoms with Gasteiger partial charge in [0.05, 0.1) is 12.5 Å². The summed E-state index contributed by atoms with van der Waals surface area (Å²) in [6.07, 6.45) is 1.56. The van der Waals surface area contributed by atoms with Gasteiger partial charge >= 0.3 is 5.97 Å². The number of fused-ring (bicyclic) bond motifs is 1. The Bertz CT molecular complexity index is 381. The Morgan fingerprint density at radius 2 is 2.57 bits per heavy atom. The summed E-state index contributed by atoms with van der Waals surface area (Å²) < 4.78 is 4.62.